The SMILES string of the molecule is C=CCC[C@@H](OCc1ccccc1)[C@H](O)C[C@@H](O)C=C. The Balaban J connectivity index is 2.54. The maximum atomic E-state index is 10.1. The van der Waals surface area contributed by atoms with Gasteiger partial charge in [0.2, 0.25) is 0 Å². The molecule has 0 aliphatic rings. The fourth-order valence-electron chi connectivity index (χ4n) is 1.94. The third-order valence-corrected chi connectivity index (χ3v) is 3.15. The van der Waals surface area contributed by atoms with Crippen molar-refractivity contribution in [3.8, 4) is 0 Å². The van der Waals surface area contributed by atoms with Gasteiger partial charge in [0.25, 0.3) is 0 Å². The quantitative estimate of drug-likeness (QED) is 0.646. The standard InChI is InChI=1S/C17H24O3/c1-3-5-11-17(16(19)12-15(18)4-2)20-13-14-9-7-6-8-10-14/h3-4,6-10,15-19H,1-2,5,11-13H2/t15-,16+,17+/m0/s1. The summed E-state index contributed by atoms with van der Waals surface area (Å²) in [4.78, 5) is 0. The third-order valence-electron chi connectivity index (χ3n) is 3.15. The summed E-state index contributed by atoms with van der Waals surface area (Å²) < 4.78 is 5.79. The maximum absolute atomic E-state index is 10.1. The molecule has 1 aromatic rings. The zero-order valence-electron chi connectivity index (χ0n) is 11.8. The van der Waals surface area contributed by atoms with Crippen molar-refractivity contribution in [2.45, 2.75) is 44.2 Å². The Kier molecular flexibility index (Phi) is 7.88. The van der Waals surface area contributed by atoms with Gasteiger partial charge in [-0.05, 0) is 18.4 Å². The highest BCUT2D eigenvalue weighted by Crippen LogP contribution is 2.15. The molecule has 1 rings (SSSR count). The molecule has 0 saturated carbocycles. The Bertz CT molecular complexity index is 388. The number of hydrogen-bond donors (Lipinski definition) is 2. The van der Waals surface area contributed by atoms with Gasteiger partial charge in [-0.3, -0.25) is 0 Å². The van der Waals surface area contributed by atoms with Gasteiger partial charge in [-0.25, -0.2) is 0 Å². The summed E-state index contributed by atoms with van der Waals surface area (Å²) in [5.74, 6) is 0. The van der Waals surface area contributed by atoms with Crippen LogP contribution in [0.4, 0.5) is 0 Å². The van der Waals surface area contributed by atoms with Gasteiger partial charge in [0, 0.05) is 6.42 Å². The highest BCUT2D eigenvalue weighted by atomic mass is 16.5. The average Bonchev–Trinajstić information content (AvgIpc) is 2.48. The zero-order valence-corrected chi connectivity index (χ0v) is 11.8. The van der Waals surface area contributed by atoms with Crippen molar-refractivity contribution < 1.29 is 14.9 Å². The lowest BCUT2D eigenvalue weighted by Gasteiger charge is -2.24. The first-order valence-corrected chi connectivity index (χ1v) is 6.92. The summed E-state index contributed by atoms with van der Waals surface area (Å²) >= 11 is 0. The first kappa shape index (κ1) is 16.6. The summed E-state index contributed by atoms with van der Waals surface area (Å²) in [5.41, 5.74) is 1.06. The lowest BCUT2D eigenvalue weighted by Crippen LogP contribution is -2.32. The normalized spacial score (nSPS) is 15.3. The van der Waals surface area contributed by atoms with Crippen LogP contribution in [0.3, 0.4) is 0 Å². The van der Waals surface area contributed by atoms with Crippen LogP contribution in [0.15, 0.2) is 55.6 Å². The highest BCUT2D eigenvalue weighted by molar-refractivity contribution is 5.13. The van der Waals surface area contributed by atoms with Crippen LogP contribution in [0, 0.1) is 0 Å². The van der Waals surface area contributed by atoms with Crippen molar-refractivity contribution in [3.05, 3.63) is 61.2 Å². The van der Waals surface area contributed by atoms with Gasteiger partial charge in [-0.15, -0.1) is 13.2 Å². The van der Waals surface area contributed by atoms with Gasteiger partial charge in [0.15, 0.2) is 0 Å². The summed E-state index contributed by atoms with van der Waals surface area (Å²) in [6.07, 6.45) is 3.16. The molecule has 0 amide bonds. The minimum absolute atomic E-state index is 0.236. The van der Waals surface area contributed by atoms with E-state index in [1.807, 2.05) is 30.3 Å². The second-order valence-electron chi connectivity index (χ2n) is 4.81. The molecule has 110 valence electrons. The Labute approximate surface area is 121 Å². The number of hydrogen-bond acceptors (Lipinski definition) is 3. The molecule has 0 saturated heterocycles. The smallest absolute Gasteiger partial charge is 0.0842 e. The first-order chi connectivity index (χ1) is 9.67. The zero-order chi connectivity index (χ0) is 14.8. The van der Waals surface area contributed by atoms with Gasteiger partial charge < -0.3 is 14.9 Å². The number of rotatable bonds is 10. The Morgan fingerprint density at radius 3 is 2.45 bits per heavy atom. The van der Waals surface area contributed by atoms with Crippen molar-refractivity contribution in [3.63, 3.8) is 0 Å². The molecule has 0 aliphatic carbocycles. The van der Waals surface area contributed by atoms with Gasteiger partial charge in [0.05, 0.1) is 24.9 Å². The topological polar surface area (TPSA) is 49.7 Å². The largest absolute Gasteiger partial charge is 0.390 e. The van der Waals surface area contributed by atoms with Crippen LogP contribution in [-0.2, 0) is 11.3 Å². The van der Waals surface area contributed by atoms with E-state index in [1.165, 1.54) is 6.08 Å². The molecule has 0 aliphatic heterocycles. The van der Waals surface area contributed by atoms with Crippen molar-refractivity contribution >= 4 is 0 Å². The monoisotopic (exact) mass is 276 g/mol. The van der Waals surface area contributed by atoms with E-state index in [-0.39, 0.29) is 12.5 Å². The molecule has 0 spiro atoms. The fraction of sp³-hybridized carbons (Fsp3) is 0.412. The molecule has 0 aromatic heterocycles. The second kappa shape index (κ2) is 9.48. The third kappa shape index (κ3) is 6.15. The fourth-order valence-corrected chi connectivity index (χ4v) is 1.94. The molecule has 0 fully saturated rings. The van der Waals surface area contributed by atoms with Crippen molar-refractivity contribution in [2.75, 3.05) is 0 Å². The lowest BCUT2D eigenvalue weighted by atomic mass is 10.0. The summed E-state index contributed by atoms with van der Waals surface area (Å²) in [6, 6.07) is 9.82. The van der Waals surface area contributed by atoms with Crippen LogP contribution in [0.1, 0.15) is 24.8 Å². The number of benzene rings is 1. The van der Waals surface area contributed by atoms with Crippen LogP contribution in [0.25, 0.3) is 0 Å². The molecule has 3 heteroatoms. The molecule has 0 unspecified atom stereocenters. The molecule has 3 nitrogen and oxygen atoms in total. The van der Waals surface area contributed by atoms with Gasteiger partial charge in [-0.2, -0.15) is 0 Å². The van der Waals surface area contributed by atoms with Crippen LogP contribution >= 0.6 is 0 Å². The summed E-state index contributed by atoms with van der Waals surface area (Å²) in [7, 11) is 0. The molecule has 1 aromatic carbocycles. The van der Waals surface area contributed by atoms with Crippen LogP contribution in [0.2, 0.25) is 0 Å². The Morgan fingerprint density at radius 2 is 1.85 bits per heavy atom. The van der Waals surface area contributed by atoms with Crippen molar-refractivity contribution in [1.82, 2.24) is 0 Å². The average molecular weight is 276 g/mol. The van der Waals surface area contributed by atoms with Gasteiger partial charge in [0.1, 0.15) is 0 Å². The van der Waals surface area contributed by atoms with E-state index in [1.54, 1.807) is 6.08 Å². The molecule has 0 heterocycles. The van der Waals surface area contributed by atoms with Crippen molar-refractivity contribution in [2.24, 2.45) is 0 Å². The Hall–Kier alpha value is -1.42. The predicted octanol–water partition coefficient (Wildman–Crippen LogP) is 2.84. The van der Waals surface area contributed by atoms with Gasteiger partial charge >= 0.3 is 0 Å². The minimum atomic E-state index is -0.716. The minimum Gasteiger partial charge on any atom is -0.390 e. The van der Waals surface area contributed by atoms with E-state index in [0.29, 0.717) is 13.0 Å². The number of aliphatic hydroxyl groups excluding tert-OH is 2. The van der Waals surface area contributed by atoms with E-state index in [2.05, 4.69) is 13.2 Å². The van der Waals surface area contributed by atoms with E-state index >= 15 is 0 Å². The molecule has 2 N–H and O–H groups in total. The summed E-state index contributed by atoms with van der Waals surface area (Å²) in [6.45, 7) is 7.64. The number of allylic oxidation sites excluding steroid dienone is 1. The van der Waals surface area contributed by atoms with Crippen LogP contribution in [0.5, 0.6) is 0 Å². The molecule has 0 bridgehead atoms. The van der Waals surface area contributed by atoms with Crippen LogP contribution < -0.4 is 0 Å². The first-order valence-electron chi connectivity index (χ1n) is 6.92. The van der Waals surface area contributed by atoms with E-state index < -0.39 is 12.2 Å². The van der Waals surface area contributed by atoms with Crippen LogP contribution in [-0.4, -0.2) is 28.5 Å². The summed E-state index contributed by atoms with van der Waals surface area (Å²) in [5, 5.41) is 19.7. The molecular formula is C17H24O3. The second-order valence-corrected chi connectivity index (χ2v) is 4.81. The van der Waals surface area contributed by atoms with Crippen molar-refractivity contribution in [1.29, 1.82) is 0 Å². The van der Waals surface area contributed by atoms with E-state index in [0.717, 1.165) is 12.0 Å². The Morgan fingerprint density at radius 1 is 1.15 bits per heavy atom. The highest BCUT2D eigenvalue weighted by Gasteiger charge is 2.21. The molecule has 20 heavy (non-hydrogen) atoms. The lowest BCUT2D eigenvalue weighted by molar-refractivity contribution is -0.0613. The maximum Gasteiger partial charge on any atom is 0.0842 e. The predicted molar refractivity (Wildman–Crippen MR) is 81.3 cm³/mol. The van der Waals surface area contributed by atoms with E-state index in [9.17, 15) is 10.2 Å². The number of ether oxygens (including phenoxy) is 1. The van der Waals surface area contributed by atoms with Gasteiger partial charge in [-0.1, -0.05) is 42.5 Å². The molecular weight excluding hydrogens is 252 g/mol. The number of aliphatic hydroxyl groups is 2. The molecule has 0 radical (unpaired) electrons. The molecule has 3 atom stereocenters. The van der Waals surface area contributed by atoms with E-state index in [4.69, 9.17) is 4.74 Å².